The third kappa shape index (κ3) is 2.18. The van der Waals surface area contributed by atoms with Crippen molar-refractivity contribution in [2.45, 2.75) is 39.3 Å². The van der Waals surface area contributed by atoms with Crippen molar-refractivity contribution < 1.29 is 5.11 Å². The van der Waals surface area contributed by atoms with E-state index in [0.29, 0.717) is 6.04 Å². The van der Waals surface area contributed by atoms with E-state index in [2.05, 4.69) is 34.3 Å². The third-order valence-electron chi connectivity index (χ3n) is 3.54. The predicted molar refractivity (Wildman–Crippen MR) is 73.1 cm³/mol. The summed E-state index contributed by atoms with van der Waals surface area (Å²) in [5.41, 5.74) is 2.39. The highest BCUT2D eigenvalue weighted by Gasteiger charge is 2.29. The number of thiazole rings is 1. The van der Waals surface area contributed by atoms with Crippen LogP contribution in [0.3, 0.4) is 0 Å². The molecule has 0 atom stereocenters. The van der Waals surface area contributed by atoms with Gasteiger partial charge in [0.25, 0.3) is 0 Å². The maximum Gasteiger partial charge on any atom is 0.194 e. The van der Waals surface area contributed by atoms with Gasteiger partial charge in [0.05, 0.1) is 18.0 Å². The molecule has 1 fully saturated rings. The van der Waals surface area contributed by atoms with Crippen LogP contribution in [-0.4, -0.2) is 38.6 Å². The van der Waals surface area contributed by atoms with Crippen LogP contribution < -0.4 is 0 Å². The van der Waals surface area contributed by atoms with Gasteiger partial charge in [0.15, 0.2) is 4.96 Å². The lowest BCUT2D eigenvalue weighted by molar-refractivity contribution is 0.181. The molecule has 98 valence electrons. The molecule has 4 nitrogen and oxygen atoms in total. The first-order valence-electron chi connectivity index (χ1n) is 6.48. The summed E-state index contributed by atoms with van der Waals surface area (Å²) in [5.74, 6) is 0. The van der Waals surface area contributed by atoms with E-state index < -0.39 is 0 Å². The summed E-state index contributed by atoms with van der Waals surface area (Å²) in [5, 5.41) is 9.17. The molecule has 0 aliphatic heterocycles. The Morgan fingerprint density at radius 2 is 2.28 bits per heavy atom. The van der Waals surface area contributed by atoms with Gasteiger partial charge in [-0.1, -0.05) is 0 Å². The Labute approximate surface area is 111 Å². The summed E-state index contributed by atoms with van der Waals surface area (Å²) in [7, 11) is 0. The fourth-order valence-electron chi connectivity index (χ4n) is 2.45. The van der Waals surface area contributed by atoms with Gasteiger partial charge < -0.3 is 5.11 Å². The normalized spacial score (nSPS) is 16.0. The van der Waals surface area contributed by atoms with E-state index in [9.17, 15) is 0 Å². The van der Waals surface area contributed by atoms with Crippen LogP contribution in [0.25, 0.3) is 4.96 Å². The van der Waals surface area contributed by atoms with Gasteiger partial charge in [0.2, 0.25) is 0 Å². The summed E-state index contributed by atoms with van der Waals surface area (Å²) in [6.07, 6.45) is 4.70. The molecule has 1 aliphatic rings. The van der Waals surface area contributed by atoms with Gasteiger partial charge >= 0.3 is 0 Å². The Bertz CT molecular complexity index is 556. The number of aryl methyl sites for hydroxylation is 2. The molecule has 1 saturated carbocycles. The van der Waals surface area contributed by atoms with Gasteiger partial charge in [0, 0.05) is 30.2 Å². The Morgan fingerprint density at radius 1 is 1.50 bits per heavy atom. The molecule has 0 spiro atoms. The first kappa shape index (κ1) is 12.1. The zero-order valence-corrected chi connectivity index (χ0v) is 11.7. The quantitative estimate of drug-likeness (QED) is 0.898. The Hall–Kier alpha value is -0.910. The molecule has 1 N–H and O–H groups in total. The molecular formula is C13H19N3OS. The summed E-state index contributed by atoms with van der Waals surface area (Å²) in [4.78, 5) is 9.37. The van der Waals surface area contributed by atoms with Gasteiger partial charge in [-0.3, -0.25) is 9.30 Å². The van der Waals surface area contributed by atoms with Gasteiger partial charge in [-0.25, -0.2) is 4.98 Å². The molecule has 0 radical (unpaired) electrons. The average Bonchev–Trinajstić information content (AvgIpc) is 3.04. The summed E-state index contributed by atoms with van der Waals surface area (Å²) >= 11 is 1.74. The minimum absolute atomic E-state index is 0.236. The summed E-state index contributed by atoms with van der Waals surface area (Å²) < 4.78 is 2.21. The van der Waals surface area contributed by atoms with Crippen LogP contribution in [0.5, 0.6) is 0 Å². The molecule has 5 heteroatoms. The van der Waals surface area contributed by atoms with E-state index in [0.717, 1.165) is 23.7 Å². The lowest BCUT2D eigenvalue weighted by Crippen LogP contribution is -2.29. The molecular weight excluding hydrogens is 246 g/mol. The summed E-state index contributed by atoms with van der Waals surface area (Å²) in [6.45, 7) is 6.09. The molecule has 3 rings (SSSR count). The molecule has 2 aromatic heterocycles. The maximum atomic E-state index is 9.17. The van der Waals surface area contributed by atoms with Gasteiger partial charge in [0.1, 0.15) is 0 Å². The van der Waals surface area contributed by atoms with Crippen molar-refractivity contribution in [2.24, 2.45) is 0 Å². The van der Waals surface area contributed by atoms with Crippen molar-refractivity contribution >= 4 is 16.3 Å². The zero-order valence-electron chi connectivity index (χ0n) is 10.9. The minimum Gasteiger partial charge on any atom is -0.395 e. The second-order valence-electron chi connectivity index (χ2n) is 5.06. The first-order valence-corrected chi connectivity index (χ1v) is 7.29. The van der Waals surface area contributed by atoms with Crippen molar-refractivity contribution in [1.29, 1.82) is 0 Å². The second-order valence-corrected chi connectivity index (χ2v) is 6.28. The van der Waals surface area contributed by atoms with Crippen LogP contribution in [0.1, 0.15) is 29.1 Å². The largest absolute Gasteiger partial charge is 0.395 e. The fraction of sp³-hybridized carbons (Fsp3) is 0.615. The van der Waals surface area contributed by atoms with Crippen LogP contribution >= 0.6 is 11.3 Å². The maximum absolute atomic E-state index is 9.17. The molecule has 2 aromatic rings. The van der Waals surface area contributed by atoms with Crippen LogP contribution in [0.4, 0.5) is 0 Å². The smallest absolute Gasteiger partial charge is 0.194 e. The highest BCUT2D eigenvalue weighted by molar-refractivity contribution is 7.17. The van der Waals surface area contributed by atoms with Crippen molar-refractivity contribution in [2.75, 3.05) is 13.2 Å². The van der Waals surface area contributed by atoms with Crippen LogP contribution in [0.2, 0.25) is 0 Å². The molecule has 0 amide bonds. The third-order valence-corrected chi connectivity index (χ3v) is 4.44. The molecule has 18 heavy (non-hydrogen) atoms. The topological polar surface area (TPSA) is 40.8 Å². The molecule has 0 saturated heterocycles. The van der Waals surface area contributed by atoms with E-state index in [1.54, 1.807) is 11.3 Å². The van der Waals surface area contributed by atoms with Crippen LogP contribution in [-0.2, 0) is 6.54 Å². The number of aliphatic hydroxyl groups excluding tert-OH is 1. The highest BCUT2D eigenvalue weighted by Crippen LogP contribution is 2.29. The minimum atomic E-state index is 0.236. The SMILES string of the molecule is Cc1cn2c(CN(CCO)C3CC3)c(C)nc2s1. The number of fused-ring (bicyclic) bond motifs is 1. The lowest BCUT2D eigenvalue weighted by Gasteiger charge is -2.20. The van der Waals surface area contributed by atoms with Crippen LogP contribution in [0, 0.1) is 13.8 Å². The van der Waals surface area contributed by atoms with Crippen molar-refractivity contribution in [1.82, 2.24) is 14.3 Å². The number of aliphatic hydroxyl groups is 1. The number of hydrogen-bond acceptors (Lipinski definition) is 4. The van der Waals surface area contributed by atoms with Crippen molar-refractivity contribution in [3.05, 3.63) is 22.5 Å². The monoisotopic (exact) mass is 265 g/mol. The van der Waals surface area contributed by atoms with E-state index in [1.807, 2.05) is 0 Å². The number of rotatable bonds is 5. The highest BCUT2D eigenvalue weighted by atomic mass is 32.1. The fourth-order valence-corrected chi connectivity index (χ4v) is 3.34. The average molecular weight is 265 g/mol. The van der Waals surface area contributed by atoms with Crippen molar-refractivity contribution in [3.8, 4) is 0 Å². The van der Waals surface area contributed by atoms with E-state index >= 15 is 0 Å². The number of hydrogen-bond donors (Lipinski definition) is 1. The molecule has 0 unspecified atom stereocenters. The molecule has 2 heterocycles. The number of aromatic nitrogens is 2. The Kier molecular flexibility index (Phi) is 3.13. The van der Waals surface area contributed by atoms with Gasteiger partial charge in [-0.05, 0) is 26.7 Å². The molecule has 0 aromatic carbocycles. The number of nitrogens with zero attached hydrogens (tertiary/aromatic N) is 3. The van der Waals surface area contributed by atoms with E-state index in [4.69, 9.17) is 5.11 Å². The van der Waals surface area contributed by atoms with Crippen molar-refractivity contribution in [3.63, 3.8) is 0 Å². The van der Waals surface area contributed by atoms with E-state index in [-0.39, 0.29) is 6.61 Å². The second kappa shape index (κ2) is 4.64. The number of imidazole rings is 1. The van der Waals surface area contributed by atoms with E-state index in [1.165, 1.54) is 23.4 Å². The Morgan fingerprint density at radius 3 is 2.94 bits per heavy atom. The standard InChI is InChI=1S/C13H19N3OS/c1-9-7-16-12(10(2)14-13(16)18-9)8-15(5-6-17)11-3-4-11/h7,11,17H,3-6,8H2,1-2H3. The molecule has 1 aliphatic carbocycles. The predicted octanol–water partition coefficient (Wildman–Crippen LogP) is 1.97. The van der Waals surface area contributed by atoms with Gasteiger partial charge in [-0.15, -0.1) is 11.3 Å². The van der Waals surface area contributed by atoms with Crippen LogP contribution in [0.15, 0.2) is 6.20 Å². The first-order chi connectivity index (χ1) is 8.69. The zero-order chi connectivity index (χ0) is 12.7. The lowest BCUT2D eigenvalue weighted by atomic mass is 10.3. The molecule has 0 bridgehead atoms. The van der Waals surface area contributed by atoms with Gasteiger partial charge in [-0.2, -0.15) is 0 Å². The Balaban J connectivity index is 1.89. The summed E-state index contributed by atoms with van der Waals surface area (Å²) in [6, 6.07) is 0.668.